The largest absolute Gasteiger partial charge is 0.393 e. The third-order valence-corrected chi connectivity index (χ3v) is 12.8. The smallest absolute Gasteiger partial charge is 0.0594 e. The molecule has 0 aromatic carbocycles. The monoisotopic (exact) mass is 444 g/mol. The van der Waals surface area contributed by atoms with Crippen LogP contribution in [0.4, 0.5) is 0 Å². The summed E-state index contributed by atoms with van der Waals surface area (Å²) in [5.74, 6) is 3.59. The van der Waals surface area contributed by atoms with Gasteiger partial charge in [0, 0.05) is 4.75 Å². The summed E-state index contributed by atoms with van der Waals surface area (Å²) in [5.41, 5.74) is 5.90. The van der Waals surface area contributed by atoms with Crippen molar-refractivity contribution in [2.45, 2.75) is 118 Å². The molecular formula is C29H48OS. The molecule has 0 aromatic rings. The minimum absolute atomic E-state index is 0.0397. The van der Waals surface area contributed by atoms with Gasteiger partial charge in [0.05, 0.1) is 6.10 Å². The van der Waals surface area contributed by atoms with Crippen LogP contribution in [0.2, 0.25) is 0 Å². The molecule has 0 amide bonds. The lowest BCUT2D eigenvalue weighted by atomic mass is 9.45. The standard InChI is InChI=1S/C29H48OS/c1-19(2)10-9-11-20(3)23-18-31-29(8)22-12-13-24-26(4,5)25(30)15-16-27(24,6)21(22)14-17-28(23,29)7/h10,20,23-25,30H,9,11-18H2,1-8H3/t20-,23-,24?,25?,27-,28-,29+/m1/s1. The van der Waals surface area contributed by atoms with E-state index in [4.69, 9.17) is 0 Å². The molecule has 2 fully saturated rings. The molecule has 0 aromatic heterocycles. The fraction of sp³-hybridized carbons (Fsp3) is 0.862. The fourth-order valence-corrected chi connectivity index (χ4v) is 10.9. The van der Waals surface area contributed by atoms with Crippen molar-refractivity contribution in [3.05, 3.63) is 22.8 Å². The summed E-state index contributed by atoms with van der Waals surface area (Å²) in [6.07, 6.45) is 12.2. The molecule has 1 aliphatic heterocycles. The van der Waals surface area contributed by atoms with Crippen LogP contribution >= 0.6 is 11.8 Å². The van der Waals surface area contributed by atoms with Gasteiger partial charge in [-0.25, -0.2) is 0 Å². The molecule has 2 unspecified atom stereocenters. The lowest BCUT2D eigenvalue weighted by Gasteiger charge is -2.61. The average Bonchev–Trinajstić information content (AvgIpc) is 2.96. The molecule has 31 heavy (non-hydrogen) atoms. The number of fused-ring (bicyclic) bond motifs is 4. The Morgan fingerprint density at radius 2 is 1.77 bits per heavy atom. The Bertz CT molecular complexity index is 774. The van der Waals surface area contributed by atoms with E-state index in [1.165, 1.54) is 56.3 Å². The Morgan fingerprint density at radius 1 is 1.06 bits per heavy atom. The highest BCUT2D eigenvalue weighted by Crippen LogP contribution is 2.71. The summed E-state index contributed by atoms with van der Waals surface area (Å²) in [5, 5.41) is 10.8. The van der Waals surface area contributed by atoms with E-state index in [2.05, 4.69) is 73.2 Å². The topological polar surface area (TPSA) is 20.2 Å². The number of hydrogen-bond donors (Lipinski definition) is 1. The summed E-state index contributed by atoms with van der Waals surface area (Å²) in [4.78, 5) is 0. The molecule has 0 spiro atoms. The first-order valence-corrected chi connectivity index (χ1v) is 14.0. The Hall–Kier alpha value is -0.210. The maximum absolute atomic E-state index is 10.8. The van der Waals surface area contributed by atoms with Crippen molar-refractivity contribution < 1.29 is 5.11 Å². The Kier molecular flexibility index (Phi) is 6.12. The van der Waals surface area contributed by atoms with Crippen molar-refractivity contribution in [3.63, 3.8) is 0 Å². The van der Waals surface area contributed by atoms with Crippen molar-refractivity contribution in [2.24, 2.45) is 34.0 Å². The molecule has 1 heterocycles. The predicted molar refractivity (Wildman–Crippen MR) is 136 cm³/mol. The second kappa shape index (κ2) is 7.93. The van der Waals surface area contributed by atoms with E-state index in [-0.39, 0.29) is 11.5 Å². The van der Waals surface area contributed by atoms with Crippen LogP contribution in [0.25, 0.3) is 0 Å². The second-order valence-corrected chi connectivity index (χ2v) is 14.5. The molecule has 1 N–H and O–H groups in total. The Morgan fingerprint density at radius 3 is 2.45 bits per heavy atom. The quantitative estimate of drug-likeness (QED) is 0.441. The molecule has 176 valence electrons. The maximum atomic E-state index is 10.8. The summed E-state index contributed by atoms with van der Waals surface area (Å²) >= 11 is 2.31. The van der Waals surface area contributed by atoms with Crippen LogP contribution < -0.4 is 0 Å². The van der Waals surface area contributed by atoms with E-state index in [1.54, 1.807) is 0 Å². The van der Waals surface area contributed by atoms with Gasteiger partial charge in [-0.15, -0.1) is 0 Å². The van der Waals surface area contributed by atoms with Gasteiger partial charge in [-0.05, 0) is 112 Å². The van der Waals surface area contributed by atoms with Gasteiger partial charge in [-0.1, -0.05) is 57.4 Å². The van der Waals surface area contributed by atoms with Gasteiger partial charge in [-0.3, -0.25) is 0 Å². The van der Waals surface area contributed by atoms with E-state index in [0.717, 1.165) is 18.3 Å². The van der Waals surface area contributed by atoms with Crippen LogP contribution in [0.5, 0.6) is 0 Å². The number of thioether (sulfide) groups is 1. The van der Waals surface area contributed by atoms with E-state index in [0.29, 0.717) is 21.5 Å². The van der Waals surface area contributed by atoms with Crippen LogP contribution in [0, 0.1) is 34.0 Å². The predicted octanol–water partition coefficient (Wildman–Crippen LogP) is 8.18. The molecule has 7 atom stereocenters. The molecule has 3 aliphatic carbocycles. The third kappa shape index (κ3) is 3.44. The van der Waals surface area contributed by atoms with Gasteiger partial charge in [0.25, 0.3) is 0 Å². The number of aliphatic hydroxyl groups excluding tert-OH is 1. The molecular weight excluding hydrogens is 396 g/mol. The SMILES string of the molecule is CC(C)=CCC[C@@H](C)[C@H]1CS[C@@]2(C)C3=C(CC[C@]12C)[C@@]1(C)CCC(O)C(C)(C)C1CC3. The average molecular weight is 445 g/mol. The van der Waals surface area contributed by atoms with Crippen LogP contribution in [-0.2, 0) is 0 Å². The van der Waals surface area contributed by atoms with Crippen molar-refractivity contribution in [3.8, 4) is 0 Å². The van der Waals surface area contributed by atoms with Crippen molar-refractivity contribution in [1.29, 1.82) is 0 Å². The fourth-order valence-electron chi connectivity index (χ4n) is 8.66. The number of hydrogen-bond acceptors (Lipinski definition) is 2. The van der Waals surface area contributed by atoms with Crippen molar-refractivity contribution in [2.75, 3.05) is 5.75 Å². The first-order valence-electron chi connectivity index (χ1n) is 13.1. The van der Waals surface area contributed by atoms with Crippen LogP contribution in [0.15, 0.2) is 22.8 Å². The maximum Gasteiger partial charge on any atom is 0.0594 e. The highest BCUT2D eigenvalue weighted by Gasteiger charge is 2.63. The molecule has 4 aliphatic rings. The van der Waals surface area contributed by atoms with Crippen LogP contribution in [0.3, 0.4) is 0 Å². The first-order chi connectivity index (χ1) is 14.4. The van der Waals surface area contributed by atoms with Gasteiger partial charge >= 0.3 is 0 Å². The number of allylic oxidation sites excluding steroid dienone is 3. The second-order valence-electron chi connectivity index (χ2n) is 13.0. The van der Waals surface area contributed by atoms with Crippen LogP contribution in [0.1, 0.15) is 107 Å². The van der Waals surface area contributed by atoms with E-state index >= 15 is 0 Å². The van der Waals surface area contributed by atoms with E-state index in [1.807, 2.05) is 11.1 Å². The van der Waals surface area contributed by atoms with Gasteiger partial charge in [0.2, 0.25) is 0 Å². The molecule has 2 heteroatoms. The third-order valence-electron chi connectivity index (χ3n) is 11.0. The minimum Gasteiger partial charge on any atom is -0.393 e. The summed E-state index contributed by atoms with van der Waals surface area (Å²) < 4.78 is 0.310. The van der Waals surface area contributed by atoms with Gasteiger partial charge < -0.3 is 5.11 Å². The van der Waals surface area contributed by atoms with Crippen molar-refractivity contribution >= 4 is 11.8 Å². The molecule has 1 nitrogen and oxygen atoms in total. The molecule has 1 saturated heterocycles. The van der Waals surface area contributed by atoms with Gasteiger partial charge in [-0.2, -0.15) is 11.8 Å². The number of aliphatic hydroxyl groups is 1. The molecule has 0 radical (unpaired) electrons. The molecule has 4 rings (SSSR count). The van der Waals surface area contributed by atoms with E-state index in [9.17, 15) is 5.11 Å². The zero-order valence-electron chi connectivity index (χ0n) is 21.6. The zero-order valence-corrected chi connectivity index (χ0v) is 22.4. The Balaban J connectivity index is 1.65. The van der Waals surface area contributed by atoms with Gasteiger partial charge in [0.15, 0.2) is 0 Å². The first kappa shape index (κ1) is 23.9. The van der Waals surface area contributed by atoms with E-state index < -0.39 is 0 Å². The van der Waals surface area contributed by atoms with Crippen molar-refractivity contribution in [1.82, 2.24) is 0 Å². The molecule has 0 bridgehead atoms. The highest BCUT2D eigenvalue weighted by molar-refractivity contribution is 8.01. The molecule has 1 saturated carbocycles. The van der Waals surface area contributed by atoms with Gasteiger partial charge in [0.1, 0.15) is 0 Å². The number of rotatable bonds is 4. The Labute approximate surface area is 196 Å². The summed E-state index contributed by atoms with van der Waals surface area (Å²) in [7, 11) is 0. The normalized spacial score (nSPS) is 44.9. The minimum atomic E-state index is -0.135. The van der Waals surface area contributed by atoms with Crippen LogP contribution in [-0.4, -0.2) is 21.7 Å². The highest BCUT2D eigenvalue weighted by atomic mass is 32.2. The summed E-state index contributed by atoms with van der Waals surface area (Å²) in [6, 6.07) is 0. The lowest BCUT2D eigenvalue weighted by molar-refractivity contribution is -0.0927. The zero-order chi connectivity index (χ0) is 22.8. The summed E-state index contributed by atoms with van der Waals surface area (Å²) in [6.45, 7) is 19.5. The lowest BCUT2D eigenvalue weighted by Crippen LogP contribution is -2.56.